The Morgan fingerprint density at radius 3 is 3.00 bits per heavy atom. The fraction of sp³-hybridized carbons (Fsp3) is 0.273. The molecule has 0 saturated carbocycles. The van der Waals surface area contributed by atoms with Crippen molar-refractivity contribution in [3.63, 3.8) is 0 Å². The molecule has 0 aliphatic heterocycles. The van der Waals surface area contributed by atoms with Gasteiger partial charge in [-0.05, 0) is 28.9 Å². The normalized spacial score (nSPS) is 10.6. The fourth-order valence-corrected chi connectivity index (χ4v) is 1.48. The van der Waals surface area contributed by atoms with Gasteiger partial charge in [0, 0.05) is 29.4 Å². The van der Waals surface area contributed by atoms with Crippen molar-refractivity contribution in [3.8, 4) is 0 Å². The number of allylic oxidation sites excluding steroid dienone is 1. The fourth-order valence-electron chi connectivity index (χ4n) is 1.10. The molecular formula is C11H12BrNO3. The summed E-state index contributed by atoms with van der Waals surface area (Å²) in [5, 5.41) is 0. The Morgan fingerprint density at radius 1 is 1.56 bits per heavy atom. The number of hydrogen-bond acceptors (Lipinski definition) is 3. The van der Waals surface area contributed by atoms with E-state index in [2.05, 4.69) is 15.9 Å². The maximum Gasteiger partial charge on any atom is 0.330 e. The maximum absolute atomic E-state index is 11.4. The number of carbonyl (C=O) groups is 1. The molecule has 0 saturated heterocycles. The van der Waals surface area contributed by atoms with Crippen LogP contribution in [0, 0.1) is 0 Å². The van der Waals surface area contributed by atoms with Crippen LogP contribution >= 0.6 is 15.9 Å². The molecule has 1 aromatic heterocycles. The van der Waals surface area contributed by atoms with Crippen molar-refractivity contribution >= 4 is 21.9 Å². The first-order valence-electron chi connectivity index (χ1n) is 4.82. The number of nitrogens with zero attached hydrogens (tertiary/aromatic N) is 1. The quantitative estimate of drug-likeness (QED) is 0.625. The molecule has 1 heterocycles. The zero-order chi connectivity index (χ0) is 12.0. The molecule has 0 atom stereocenters. The maximum atomic E-state index is 11.4. The van der Waals surface area contributed by atoms with Crippen molar-refractivity contribution in [2.45, 2.75) is 13.5 Å². The highest BCUT2D eigenvalue weighted by molar-refractivity contribution is 9.10. The van der Waals surface area contributed by atoms with E-state index in [4.69, 9.17) is 4.74 Å². The molecule has 5 heteroatoms. The van der Waals surface area contributed by atoms with Gasteiger partial charge in [-0.1, -0.05) is 6.08 Å². The summed E-state index contributed by atoms with van der Waals surface area (Å²) in [5.74, 6) is -0.398. The van der Waals surface area contributed by atoms with Gasteiger partial charge in [0.15, 0.2) is 0 Å². The van der Waals surface area contributed by atoms with Gasteiger partial charge in [0.2, 0.25) is 0 Å². The molecule has 0 bridgehead atoms. The summed E-state index contributed by atoms with van der Waals surface area (Å²) < 4.78 is 7.01. The Hall–Kier alpha value is -1.36. The predicted molar refractivity (Wildman–Crippen MR) is 64.2 cm³/mol. The van der Waals surface area contributed by atoms with E-state index < -0.39 is 5.97 Å². The van der Waals surface area contributed by atoms with Gasteiger partial charge in [0.25, 0.3) is 5.56 Å². The van der Waals surface area contributed by atoms with Crippen LogP contribution in [0.3, 0.4) is 0 Å². The first kappa shape index (κ1) is 12.7. The molecule has 16 heavy (non-hydrogen) atoms. The third kappa shape index (κ3) is 4.02. The van der Waals surface area contributed by atoms with Gasteiger partial charge in [-0.15, -0.1) is 0 Å². The molecule has 86 valence electrons. The largest absolute Gasteiger partial charge is 0.463 e. The lowest BCUT2D eigenvalue weighted by Gasteiger charge is -2.01. The number of halogens is 1. The molecule has 0 spiro atoms. The summed E-state index contributed by atoms with van der Waals surface area (Å²) in [4.78, 5) is 22.3. The first-order chi connectivity index (χ1) is 7.63. The Kier molecular flexibility index (Phi) is 4.98. The van der Waals surface area contributed by atoms with Crippen molar-refractivity contribution in [2.24, 2.45) is 0 Å². The Bertz CT molecular complexity index is 451. The number of pyridine rings is 1. The highest BCUT2D eigenvalue weighted by Gasteiger charge is 1.96. The van der Waals surface area contributed by atoms with Crippen LogP contribution in [0.4, 0.5) is 0 Å². The van der Waals surface area contributed by atoms with Gasteiger partial charge < -0.3 is 9.30 Å². The lowest BCUT2D eigenvalue weighted by Crippen LogP contribution is -2.17. The van der Waals surface area contributed by atoms with E-state index in [0.717, 1.165) is 4.47 Å². The van der Waals surface area contributed by atoms with Crippen molar-refractivity contribution < 1.29 is 9.53 Å². The zero-order valence-electron chi connectivity index (χ0n) is 8.85. The number of rotatable bonds is 4. The summed E-state index contributed by atoms with van der Waals surface area (Å²) in [7, 11) is 0. The standard InChI is InChI=1S/C11H12BrNO3/c1-2-16-11(15)4-3-7-13-8-9(12)5-6-10(13)14/h3-6,8H,2,7H2,1H3/b4-3+. The van der Waals surface area contributed by atoms with Crippen molar-refractivity contribution in [1.82, 2.24) is 4.57 Å². The Morgan fingerprint density at radius 2 is 2.31 bits per heavy atom. The monoisotopic (exact) mass is 285 g/mol. The smallest absolute Gasteiger partial charge is 0.330 e. The van der Waals surface area contributed by atoms with Gasteiger partial charge >= 0.3 is 5.97 Å². The van der Waals surface area contributed by atoms with Crippen LogP contribution in [0.5, 0.6) is 0 Å². The lowest BCUT2D eigenvalue weighted by atomic mass is 10.4. The molecule has 0 fully saturated rings. The topological polar surface area (TPSA) is 48.3 Å². The van der Waals surface area contributed by atoms with Crippen LogP contribution in [-0.4, -0.2) is 17.1 Å². The van der Waals surface area contributed by atoms with E-state index in [1.807, 2.05) is 0 Å². The minimum Gasteiger partial charge on any atom is -0.463 e. The summed E-state index contributed by atoms with van der Waals surface area (Å²) in [6.07, 6.45) is 4.57. The van der Waals surface area contributed by atoms with Gasteiger partial charge in [0.05, 0.1) is 6.61 Å². The highest BCUT2D eigenvalue weighted by atomic mass is 79.9. The molecule has 0 aromatic carbocycles. The second-order valence-corrected chi connectivity index (χ2v) is 3.91. The van der Waals surface area contributed by atoms with Gasteiger partial charge in [-0.2, -0.15) is 0 Å². The number of esters is 1. The van der Waals surface area contributed by atoms with Crippen LogP contribution in [0.1, 0.15) is 6.92 Å². The molecule has 0 N–H and O–H groups in total. The third-order valence-corrected chi connectivity index (χ3v) is 2.26. The molecule has 0 aliphatic carbocycles. The average Bonchev–Trinajstić information content (AvgIpc) is 2.23. The first-order valence-corrected chi connectivity index (χ1v) is 5.62. The van der Waals surface area contributed by atoms with Crippen molar-refractivity contribution in [3.05, 3.63) is 45.3 Å². The molecule has 0 aliphatic rings. The Balaban J connectivity index is 2.64. The minimum atomic E-state index is -0.398. The summed E-state index contributed by atoms with van der Waals surface area (Å²) in [6, 6.07) is 3.14. The SMILES string of the molecule is CCOC(=O)/C=C/Cn1cc(Br)ccc1=O. The second kappa shape index (κ2) is 6.27. The third-order valence-electron chi connectivity index (χ3n) is 1.79. The molecule has 1 aromatic rings. The van der Waals surface area contributed by atoms with E-state index >= 15 is 0 Å². The highest BCUT2D eigenvalue weighted by Crippen LogP contribution is 2.04. The summed E-state index contributed by atoms with van der Waals surface area (Å²) in [5.41, 5.74) is -0.114. The molecule has 1 rings (SSSR count). The van der Waals surface area contributed by atoms with Crippen LogP contribution in [0.25, 0.3) is 0 Å². The Labute approximate surface area is 102 Å². The van der Waals surface area contributed by atoms with Gasteiger partial charge in [-0.25, -0.2) is 4.79 Å². The number of aromatic nitrogens is 1. The molecular weight excluding hydrogens is 274 g/mol. The molecule has 0 radical (unpaired) electrons. The minimum absolute atomic E-state index is 0.114. The van der Waals surface area contributed by atoms with E-state index in [-0.39, 0.29) is 5.56 Å². The van der Waals surface area contributed by atoms with Crippen LogP contribution in [-0.2, 0) is 16.1 Å². The number of carbonyl (C=O) groups excluding carboxylic acids is 1. The second-order valence-electron chi connectivity index (χ2n) is 2.99. The predicted octanol–water partition coefficient (Wildman–Crippen LogP) is 1.73. The van der Waals surface area contributed by atoms with Crippen molar-refractivity contribution in [2.75, 3.05) is 6.61 Å². The summed E-state index contributed by atoms with van der Waals surface area (Å²) in [6.45, 7) is 2.43. The zero-order valence-corrected chi connectivity index (χ0v) is 10.4. The van der Waals surface area contributed by atoms with Crippen molar-refractivity contribution in [1.29, 1.82) is 0 Å². The number of ether oxygens (including phenoxy) is 1. The van der Waals surface area contributed by atoms with Crippen LogP contribution < -0.4 is 5.56 Å². The van der Waals surface area contributed by atoms with E-state index in [9.17, 15) is 9.59 Å². The van der Waals surface area contributed by atoms with Gasteiger partial charge in [0.1, 0.15) is 0 Å². The average molecular weight is 286 g/mol. The lowest BCUT2D eigenvalue weighted by molar-refractivity contribution is -0.137. The molecule has 4 nitrogen and oxygen atoms in total. The summed E-state index contributed by atoms with van der Waals surface area (Å²) >= 11 is 3.27. The van der Waals surface area contributed by atoms with E-state index in [0.29, 0.717) is 13.2 Å². The number of hydrogen-bond donors (Lipinski definition) is 0. The van der Waals surface area contributed by atoms with Crippen LogP contribution in [0.15, 0.2) is 39.7 Å². The van der Waals surface area contributed by atoms with Gasteiger partial charge in [-0.3, -0.25) is 4.79 Å². The van der Waals surface area contributed by atoms with Crippen LogP contribution in [0.2, 0.25) is 0 Å². The van der Waals surface area contributed by atoms with E-state index in [1.54, 1.807) is 25.3 Å². The molecule has 0 unspecified atom stereocenters. The molecule has 0 amide bonds. The van der Waals surface area contributed by atoms with E-state index in [1.165, 1.54) is 16.7 Å².